The van der Waals surface area contributed by atoms with Crippen molar-refractivity contribution in [3.05, 3.63) is 64.7 Å². The van der Waals surface area contributed by atoms with Gasteiger partial charge in [0.05, 0.1) is 28.1 Å². The third-order valence-electron chi connectivity index (χ3n) is 5.29. The van der Waals surface area contributed by atoms with Crippen LogP contribution < -0.4 is 0 Å². The van der Waals surface area contributed by atoms with Crippen LogP contribution in [-0.2, 0) is 14.8 Å². The molecule has 30 heavy (non-hydrogen) atoms. The van der Waals surface area contributed by atoms with Crippen LogP contribution in [0.3, 0.4) is 0 Å². The Balaban J connectivity index is 1.91. The summed E-state index contributed by atoms with van der Waals surface area (Å²) in [7, 11) is -2.21. The molecule has 0 saturated carbocycles. The molecule has 0 bridgehead atoms. The number of rotatable bonds is 5. The highest BCUT2D eigenvalue weighted by molar-refractivity contribution is 7.89. The predicted molar refractivity (Wildman–Crippen MR) is 117 cm³/mol. The molecule has 1 aliphatic heterocycles. The van der Waals surface area contributed by atoms with Crippen molar-refractivity contribution in [2.75, 3.05) is 20.1 Å². The Hall–Kier alpha value is -1.93. The lowest BCUT2D eigenvalue weighted by Gasteiger charge is -2.37. The van der Waals surface area contributed by atoms with Crippen LogP contribution in [0.5, 0.6) is 0 Å². The van der Waals surface area contributed by atoms with Gasteiger partial charge in [-0.05, 0) is 44.5 Å². The fourth-order valence-corrected chi connectivity index (χ4v) is 5.00. The summed E-state index contributed by atoms with van der Waals surface area (Å²) >= 11 is 6.31. The molecule has 1 amide bonds. The van der Waals surface area contributed by atoms with Crippen LogP contribution >= 0.6 is 11.6 Å². The van der Waals surface area contributed by atoms with E-state index < -0.39 is 10.0 Å². The molecule has 6 nitrogen and oxygen atoms in total. The highest BCUT2D eigenvalue weighted by Crippen LogP contribution is 2.29. The Kier molecular flexibility index (Phi) is 6.87. The van der Waals surface area contributed by atoms with Gasteiger partial charge in [0, 0.05) is 19.6 Å². The van der Waals surface area contributed by atoms with E-state index >= 15 is 0 Å². The maximum atomic E-state index is 13.3. The van der Waals surface area contributed by atoms with Gasteiger partial charge in [0.15, 0.2) is 0 Å². The minimum atomic E-state index is -3.73. The number of sulfonamides is 1. The molecule has 1 aliphatic rings. The molecule has 2 aromatic rings. The molecule has 0 aromatic heterocycles. The Labute approximate surface area is 183 Å². The average Bonchev–Trinajstić information content (AvgIpc) is 2.73. The van der Waals surface area contributed by atoms with Gasteiger partial charge < -0.3 is 9.64 Å². The van der Waals surface area contributed by atoms with E-state index in [0.29, 0.717) is 13.1 Å². The quantitative estimate of drug-likeness (QED) is 0.691. The summed E-state index contributed by atoms with van der Waals surface area (Å²) in [5, 5.41) is 0.224. The highest BCUT2D eigenvalue weighted by atomic mass is 35.5. The number of benzene rings is 2. The molecule has 1 heterocycles. The lowest BCUT2D eigenvalue weighted by atomic mass is 10.1. The largest absolute Gasteiger partial charge is 0.367 e. The average molecular weight is 451 g/mol. The fourth-order valence-electron chi connectivity index (χ4n) is 3.41. The minimum Gasteiger partial charge on any atom is -0.367 e. The van der Waals surface area contributed by atoms with Crippen LogP contribution in [0.25, 0.3) is 0 Å². The molecular formula is C22H27ClN2O4S. The van der Waals surface area contributed by atoms with Crippen LogP contribution in [0.15, 0.2) is 53.4 Å². The van der Waals surface area contributed by atoms with Gasteiger partial charge in [0.25, 0.3) is 5.91 Å². The first-order valence-corrected chi connectivity index (χ1v) is 11.7. The Morgan fingerprint density at radius 3 is 2.47 bits per heavy atom. The lowest BCUT2D eigenvalue weighted by Crippen LogP contribution is -2.46. The molecular weight excluding hydrogens is 424 g/mol. The van der Waals surface area contributed by atoms with Crippen LogP contribution in [-0.4, -0.2) is 55.8 Å². The van der Waals surface area contributed by atoms with Gasteiger partial charge in [-0.25, -0.2) is 8.42 Å². The third kappa shape index (κ3) is 4.70. The summed E-state index contributed by atoms with van der Waals surface area (Å²) in [6.07, 6.45) is -0.415. The molecule has 0 radical (unpaired) electrons. The van der Waals surface area contributed by atoms with Crippen LogP contribution in [0.4, 0.5) is 0 Å². The summed E-state index contributed by atoms with van der Waals surface area (Å²) < 4.78 is 33.0. The second-order valence-electron chi connectivity index (χ2n) is 7.81. The monoisotopic (exact) mass is 450 g/mol. The number of amides is 1. The number of carbonyl (C=O) groups excluding carboxylic acids is 1. The normalized spacial score (nSPS) is 20.0. The smallest absolute Gasteiger partial charge is 0.255 e. The van der Waals surface area contributed by atoms with E-state index in [1.54, 1.807) is 18.7 Å². The van der Waals surface area contributed by atoms with Gasteiger partial charge in [-0.1, -0.05) is 41.9 Å². The van der Waals surface area contributed by atoms with Gasteiger partial charge in [0.1, 0.15) is 6.10 Å². The van der Waals surface area contributed by atoms with E-state index in [1.807, 2.05) is 37.3 Å². The van der Waals surface area contributed by atoms with E-state index in [0.717, 1.165) is 5.56 Å². The maximum Gasteiger partial charge on any atom is 0.255 e. The fraction of sp³-hybridized carbons (Fsp3) is 0.409. The Bertz CT molecular complexity index is 1010. The zero-order valence-corrected chi connectivity index (χ0v) is 19.2. The van der Waals surface area contributed by atoms with Crippen molar-refractivity contribution < 1.29 is 17.9 Å². The molecule has 1 saturated heterocycles. The molecule has 0 aliphatic carbocycles. The van der Waals surface area contributed by atoms with Gasteiger partial charge in [-0.15, -0.1) is 0 Å². The molecule has 0 spiro atoms. The predicted octanol–water partition coefficient (Wildman–Crippen LogP) is 3.97. The molecule has 0 N–H and O–H groups in total. The van der Waals surface area contributed by atoms with Gasteiger partial charge in [-0.3, -0.25) is 4.79 Å². The van der Waals surface area contributed by atoms with E-state index in [1.165, 1.54) is 29.6 Å². The van der Waals surface area contributed by atoms with Crippen molar-refractivity contribution in [2.45, 2.75) is 43.9 Å². The molecule has 3 rings (SSSR count). The maximum absolute atomic E-state index is 13.3. The van der Waals surface area contributed by atoms with Crippen molar-refractivity contribution in [3.63, 3.8) is 0 Å². The molecule has 2 unspecified atom stereocenters. The summed E-state index contributed by atoms with van der Waals surface area (Å²) in [6, 6.07) is 13.8. The second-order valence-corrected chi connectivity index (χ2v) is 10.2. The van der Waals surface area contributed by atoms with Gasteiger partial charge >= 0.3 is 0 Å². The standard InChI is InChI=1S/C22H27ClN2O4S/c1-15(2)24(4)30(27,28)18-10-11-20(23)19(12-18)22(26)25-13-16(3)29-21(14-25)17-8-6-5-7-9-17/h5-12,15-16,21H,13-14H2,1-4H3. The van der Waals surface area contributed by atoms with Crippen molar-refractivity contribution in [3.8, 4) is 0 Å². The number of ether oxygens (including phenoxy) is 1. The highest BCUT2D eigenvalue weighted by Gasteiger charge is 2.32. The third-order valence-corrected chi connectivity index (χ3v) is 7.65. The summed E-state index contributed by atoms with van der Waals surface area (Å²) in [4.78, 5) is 15.0. The topological polar surface area (TPSA) is 66.9 Å². The zero-order valence-electron chi connectivity index (χ0n) is 17.6. The van der Waals surface area contributed by atoms with Crippen molar-refractivity contribution in [2.24, 2.45) is 0 Å². The lowest BCUT2D eigenvalue weighted by molar-refractivity contribution is -0.0691. The van der Waals surface area contributed by atoms with Crippen LogP contribution in [0.1, 0.15) is 42.8 Å². The SMILES string of the molecule is CC1CN(C(=O)c2cc(S(=O)(=O)N(C)C(C)C)ccc2Cl)CC(c2ccccc2)O1. The summed E-state index contributed by atoms with van der Waals surface area (Å²) in [5.41, 5.74) is 1.17. The second kappa shape index (κ2) is 9.06. The summed E-state index contributed by atoms with van der Waals surface area (Å²) in [5.74, 6) is -0.305. The minimum absolute atomic E-state index is 0.0485. The number of carbonyl (C=O) groups is 1. The first-order chi connectivity index (χ1) is 14.1. The zero-order chi connectivity index (χ0) is 22.1. The summed E-state index contributed by atoms with van der Waals surface area (Å²) in [6.45, 7) is 6.26. The van der Waals surface area contributed by atoms with Crippen molar-refractivity contribution in [1.29, 1.82) is 0 Å². The van der Waals surface area contributed by atoms with E-state index in [2.05, 4.69) is 0 Å². The van der Waals surface area contributed by atoms with Crippen molar-refractivity contribution >= 4 is 27.5 Å². The number of hydrogen-bond donors (Lipinski definition) is 0. The number of halogens is 1. The molecule has 162 valence electrons. The first kappa shape index (κ1) is 22.7. The van der Waals surface area contributed by atoms with Crippen molar-refractivity contribution in [1.82, 2.24) is 9.21 Å². The number of hydrogen-bond acceptors (Lipinski definition) is 4. The molecule has 2 atom stereocenters. The van der Waals surface area contributed by atoms with E-state index in [-0.39, 0.29) is 39.6 Å². The van der Waals surface area contributed by atoms with Crippen LogP contribution in [0.2, 0.25) is 5.02 Å². The van der Waals surface area contributed by atoms with Gasteiger partial charge in [-0.2, -0.15) is 4.31 Å². The Morgan fingerprint density at radius 2 is 1.83 bits per heavy atom. The first-order valence-electron chi connectivity index (χ1n) is 9.88. The van der Waals surface area contributed by atoms with E-state index in [4.69, 9.17) is 16.3 Å². The van der Waals surface area contributed by atoms with Crippen LogP contribution in [0, 0.1) is 0 Å². The number of nitrogens with zero attached hydrogens (tertiary/aromatic N) is 2. The molecule has 1 fully saturated rings. The molecule has 2 aromatic carbocycles. The van der Waals surface area contributed by atoms with E-state index in [9.17, 15) is 13.2 Å². The molecule has 8 heteroatoms. The number of morpholine rings is 1. The van der Waals surface area contributed by atoms with Gasteiger partial charge in [0.2, 0.25) is 10.0 Å². The Morgan fingerprint density at radius 1 is 1.17 bits per heavy atom.